The number of amides is 1. The van der Waals surface area contributed by atoms with Crippen LogP contribution in [0.4, 0.5) is 0 Å². The number of aromatic nitrogens is 1. The molecule has 1 amide bonds. The van der Waals surface area contributed by atoms with Gasteiger partial charge >= 0.3 is 0 Å². The predicted molar refractivity (Wildman–Crippen MR) is 81.3 cm³/mol. The van der Waals surface area contributed by atoms with Crippen LogP contribution in [0, 0.1) is 0 Å². The average Bonchev–Trinajstić information content (AvgIpc) is 2.54. The van der Waals surface area contributed by atoms with Crippen molar-refractivity contribution in [2.75, 3.05) is 13.1 Å². The number of oxime groups is 1. The highest BCUT2D eigenvalue weighted by molar-refractivity contribution is 6.06. The summed E-state index contributed by atoms with van der Waals surface area (Å²) in [7, 11) is 0. The van der Waals surface area contributed by atoms with Crippen LogP contribution >= 0.6 is 0 Å². The monoisotopic (exact) mass is 286 g/mol. The summed E-state index contributed by atoms with van der Waals surface area (Å²) in [5, 5.41) is 12.3. The number of benzene rings is 1. The fourth-order valence-corrected chi connectivity index (χ4v) is 2.16. The van der Waals surface area contributed by atoms with E-state index in [-0.39, 0.29) is 11.7 Å². The predicted octanol–water partition coefficient (Wildman–Crippen LogP) is 1.83. The molecule has 0 unspecified atom stereocenters. The number of nitrogens with zero attached hydrogens (tertiary/aromatic N) is 3. The second-order valence-corrected chi connectivity index (χ2v) is 4.60. The maximum Gasteiger partial charge on any atom is 0.254 e. The summed E-state index contributed by atoms with van der Waals surface area (Å²) in [6, 6.07) is 9.18. The van der Waals surface area contributed by atoms with Crippen molar-refractivity contribution in [3.8, 4) is 0 Å². The lowest BCUT2D eigenvalue weighted by Gasteiger charge is -2.21. The van der Waals surface area contributed by atoms with E-state index in [0.717, 1.165) is 10.9 Å². The maximum atomic E-state index is 12.6. The van der Waals surface area contributed by atoms with Gasteiger partial charge in [-0.25, -0.2) is 0 Å². The molecule has 2 rings (SSSR count). The molecule has 0 bridgehead atoms. The quantitative estimate of drug-likeness (QED) is 0.379. The summed E-state index contributed by atoms with van der Waals surface area (Å²) < 4.78 is 0. The third-order valence-electron chi connectivity index (χ3n) is 3.31. The molecule has 1 aromatic heterocycles. The Kier molecular flexibility index (Phi) is 4.71. The van der Waals surface area contributed by atoms with Gasteiger partial charge in [0.1, 0.15) is 5.84 Å². The smallest absolute Gasteiger partial charge is 0.254 e. The summed E-state index contributed by atoms with van der Waals surface area (Å²) in [4.78, 5) is 18.6. The van der Waals surface area contributed by atoms with E-state index in [1.165, 1.54) is 0 Å². The lowest BCUT2D eigenvalue weighted by atomic mass is 10.1. The van der Waals surface area contributed by atoms with Crippen LogP contribution in [0.5, 0.6) is 0 Å². The van der Waals surface area contributed by atoms with Gasteiger partial charge in [-0.05, 0) is 25.1 Å². The van der Waals surface area contributed by atoms with Crippen molar-refractivity contribution in [1.82, 2.24) is 9.88 Å². The van der Waals surface area contributed by atoms with E-state index in [1.54, 1.807) is 17.2 Å². The Labute approximate surface area is 122 Å². The first-order chi connectivity index (χ1) is 10.2. The molecule has 0 atom stereocenters. The van der Waals surface area contributed by atoms with Crippen molar-refractivity contribution >= 4 is 22.6 Å². The Hall–Kier alpha value is -2.63. The molecular weight excluding hydrogens is 268 g/mol. The van der Waals surface area contributed by atoms with E-state index in [4.69, 9.17) is 10.9 Å². The Bertz CT molecular complexity index is 664. The van der Waals surface area contributed by atoms with E-state index in [1.807, 2.05) is 31.2 Å². The average molecular weight is 286 g/mol. The number of amidine groups is 1. The van der Waals surface area contributed by atoms with E-state index < -0.39 is 0 Å². The molecule has 0 fully saturated rings. The summed E-state index contributed by atoms with van der Waals surface area (Å²) in [5.41, 5.74) is 6.86. The number of pyridine rings is 1. The zero-order valence-electron chi connectivity index (χ0n) is 11.9. The molecule has 0 aliphatic carbocycles. The molecular formula is C15H18N4O2. The fourth-order valence-electron chi connectivity index (χ4n) is 2.16. The van der Waals surface area contributed by atoms with E-state index in [2.05, 4.69) is 10.1 Å². The summed E-state index contributed by atoms with van der Waals surface area (Å²) in [6.07, 6.45) is 2.03. The molecule has 110 valence electrons. The van der Waals surface area contributed by atoms with Crippen LogP contribution in [0.25, 0.3) is 10.9 Å². The number of carbonyl (C=O) groups excluding carboxylic acids is 1. The van der Waals surface area contributed by atoms with Crippen LogP contribution in [-0.4, -0.2) is 39.9 Å². The van der Waals surface area contributed by atoms with Gasteiger partial charge in [0.2, 0.25) is 0 Å². The van der Waals surface area contributed by atoms with Crippen LogP contribution in [0.3, 0.4) is 0 Å². The van der Waals surface area contributed by atoms with Crippen molar-refractivity contribution in [2.45, 2.75) is 13.3 Å². The molecule has 0 saturated heterocycles. The van der Waals surface area contributed by atoms with Gasteiger partial charge in [-0.2, -0.15) is 0 Å². The Morgan fingerprint density at radius 3 is 2.90 bits per heavy atom. The second kappa shape index (κ2) is 6.69. The third-order valence-corrected chi connectivity index (χ3v) is 3.31. The highest BCUT2D eigenvalue weighted by Gasteiger charge is 2.17. The van der Waals surface area contributed by atoms with Crippen LogP contribution in [-0.2, 0) is 0 Å². The van der Waals surface area contributed by atoms with Gasteiger partial charge in [0.05, 0.1) is 5.52 Å². The lowest BCUT2D eigenvalue weighted by molar-refractivity contribution is 0.0770. The van der Waals surface area contributed by atoms with Crippen molar-refractivity contribution in [3.05, 3.63) is 42.1 Å². The topological polar surface area (TPSA) is 91.8 Å². The summed E-state index contributed by atoms with van der Waals surface area (Å²) >= 11 is 0. The maximum absolute atomic E-state index is 12.6. The number of fused-ring (bicyclic) bond motifs is 1. The van der Waals surface area contributed by atoms with E-state index in [0.29, 0.717) is 25.1 Å². The standard InChI is InChI=1S/C15H18N4O2/c1-2-19(10-8-14(16)18-21)15(20)12-5-3-7-13-11(12)6-4-9-17-13/h3-7,9,21H,2,8,10H2,1H3,(H2,16,18). The number of hydrogen-bond acceptors (Lipinski definition) is 4. The fraction of sp³-hybridized carbons (Fsp3) is 0.267. The van der Waals surface area contributed by atoms with E-state index in [9.17, 15) is 4.79 Å². The van der Waals surface area contributed by atoms with Gasteiger partial charge in [0, 0.05) is 36.7 Å². The van der Waals surface area contributed by atoms with Crippen LogP contribution < -0.4 is 5.73 Å². The van der Waals surface area contributed by atoms with Gasteiger partial charge in [-0.1, -0.05) is 17.3 Å². The minimum atomic E-state index is -0.0816. The van der Waals surface area contributed by atoms with Gasteiger partial charge in [-0.15, -0.1) is 0 Å². The van der Waals surface area contributed by atoms with Gasteiger partial charge in [0.25, 0.3) is 5.91 Å². The van der Waals surface area contributed by atoms with Crippen molar-refractivity contribution in [2.24, 2.45) is 10.9 Å². The second-order valence-electron chi connectivity index (χ2n) is 4.60. The Morgan fingerprint density at radius 2 is 2.19 bits per heavy atom. The minimum absolute atomic E-state index is 0.0816. The lowest BCUT2D eigenvalue weighted by Crippen LogP contribution is -2.34. The molecule has 1 heterocycles. The summed E-state index contributed by atoms with van der Waals surface area (Å²) in [6.45, 7) is 2.85. The first kappa shape index (κ1) is 14.8. The van der Waals surface area contributed by atoms with Crippen molar-refractivity contribution < 1.29 is 10.0 Å². The molecule has 0 spiro atoms. The number of hydrogen-bond donors (Lipinski definition) is 2. The highest BCUT2D eigenvalue weighted by Crippen LogP contribution is 2.18. The summed E-state index contributed by atoms with van der Waals surface area (Å²) in [5.74, 6) is 0.0303. The molecule has 6 nitrogen and oxygen atoms in total. The van der Waals surface area contributed by atoms with Gasteiger partial charge in [-0.3, -0.25) is 9.78 Å². The first-order valence-electron chi connectivity index (χ1n) is 6.76. The third kappa shape index (κ3) is 3.28. The van der Waals surface area contributed by atoms with Gasteiger partial charge in [0.15, 0.2) is 0 Å². The molecule has 6 heteroatoms. The van der Waals surface area contributed by atoms with Crippen molar-refractivity contribution in [3.63, 3.8) is 0 Å². The molecule has 0 aliphatic rings. The molecule has 1 aromatic carbocycles. The Balaban J connectivity index is 2.27. The molecule has 3 N–H and O–H groups in total. The number of rotatable bonds is 5. The van der Waals surface area contributed by atoms with Gasteiger partial charge < -0.3 is 15.8 Å². The van der Waals surface area contributed by atoms with E-state index >= 15 is 0 Å². The van der Waals surface area contributed by atoms with Crippen molar-refractivity contribution in [1.29, 1.82) is 0 Å². The molecule has 0 saturated carbocycles. The van der Waals surface area contributed by atoms with Crippen LogP contribution in [0.2, 0.25) is 0 Å². The van der Waals surface area contributed by atoms with Crippen LogP contribution in [0.1, 0.15) is 23.7 Å². The zero-order chi connectivity index (χ0) is 15.2. The normalized spacial score (nSPS) is 11.6. The first-order valence-corrected chi connectivity index (χ1v) is 6.76. The molecule has 0 aliphatic heterocycles. The zero-order valence-corrected chi connectivity index (χ0v) is 11.9. The Morgan fingerprint density at radius 1 is 1.38 bits per heavy atom. The highest BCUT2D eigenvalue weighted by atomic mass is 16.4. The largest absolute Gasteiger partial charge is 0.409 e. The minimum Gasteiger partial charge on any atom is -0.409 e. The molecule has 0 radical (unpaired) electrons. The van der Waals surface area contributed by atoms with Crippen LogP contribution in [0.15, 0.2) is 41.7 Å². The molecule has 2 aromatic rings. The molecule has 21 heavy (non-hydrogen) atoms. The number of carbonyl (C=O) groups is 1. The SMILES string of the molecule is CCN(CCC(N)=NO)C(=O)c1cccc2ncccc12. The number of nitrogens with two attached hydrogens (primary N) is 1.